The maximum absolute atomic E-state index is 14.2. The molecule has 0 aliphatic heterocycles. The molecular weight excluding hydrogens is 532 g/mol. The van der Waals surface area contributed by atoms with Crippen molar-refractivity contribution in [3.05, 3.63) is 99.9 Å². The van der Waals surface area contributed by atoms with Gasteiger partial charge in [0.1, 0.15) is 5.82 Å². The zero-order chi connectivity index (χ0) is 27.0. The highest BCUT2D eigenvalue weighted by Gasteiger charge is 2.51. The Hall–Kier alpha value is -3.30. The standard InChI is InChI=1S/C29H24ClF2NO4S/c1-16(22-11-10-21(30)14-23(22)31)37-28(36)33-24-15-25(32)38-26(24)19-4-2-17(3-5-19)18-6-8-20(9-7-18)29(12-13-29)27(34)35/h2-11,14-16,28,33,36H,12-13H2,1H3,(H,34,35). The number of aliphatic hydroxyl groups is 1. The third-order valence-electron chi connectivity index (χ3n) is 6.79. The Kier molecular flexibility index (Phi) is 7.24. The molecule has 3 aromatic carbocycles. The van der Waals surface area contributed by atoms with Crippen LogP contribution in [0.1, 0.15) is 37.0 Å². The Labute approximate surface area is 227 Å². The number of nitrogens with one attached hydrogen (secondary N) is 1. The van der Waals surface area contributed by atoms with Gasteiger partial charge in [0.05, 0.1) is 22.1 Å². The number of aliphatic carboxylic acids is 1. The van der Waals surface area contributed by atoms with E-state index in [1.54, 1.807) is 6.92 Å². The van der Waals surface area contributed by atoms with Gasteiger partial charge < -0.3 is 20.3 Å². The van der Waals surface area contributed by atoms with Crippen LogP contribution in [-0.4, -0.2) is 22.6 Å². The molecule has 1 aromatic heterocycles. The molecule has 5 nitrogen and oxygen atoms in total. The first-order chi connectivity index (χ1) is 18.2. The molecule has 9 heteroatoms. The zero-order valence-corrected chi connectivity index (χ0v) is 21.8. The van der Waals surface area contributed by atoms with Crippen molar-refractivity contribution >= 4 is 34.6 Å². The molecular formula is C29H24ClF2NO4S. The first-order valence-electron chi connectivity index (χ1n) is 12.0. The topological polar surface area (TPSA) is 78.8 Å². The Balaban J connectivity index is 1.29. The van der Waals surface area contributed by atoms with Crippen LogP contribution in [0.5, 0.6) is 0 Å². The molecule has 0 bridgehead atoms. The maximum Gasteiger partial charge on any atom is 0.314 e. The highest BCUT2D eigenvalue weighted by atomic mass is 35.5. The Bertz CT molecular complexity index is 1470. The number of carboxylic acids is 1. The van der Waals surface area contributed by atoms with E-state index in [4.69, 9.17) is 16.3 Å². The number of thiophene rings is 1. The van der Waals surface area contributed by atoms with Crippen molar-refractivity contribution in [1.82, 2.24) is 0 Å². The van der Waals surface area contributed by atoms with Crippen molar-refractivity contribution in [3.63, 3.8) is 0 Å². The smallest absolute Gasteiger partial charge is 0.314 e. The zero-order valence-electron chi connectivity index (χ0n) is 20.3. The summed E-state index contributed by atoms with van der Waals surface area (Å²) in [6, 6.07) is 20.5. The lowest BCUT2D eigenvalue weighted by molar-refractivity contribution is -0.140. The normalized spacial score (nSPS) is 15.6. The molecule has 38 heavy (non-hydrogen) atoms. The molecule has 2 atom stereocenters. The van der Waals surface area contributed by atoms with E-state index in [1.165, 1.54) is 24.3 Å². The van der Waals surface area contributed by atoms with Gasteiger partial charge in [-0.15, -0.1) is 11.3 Å². The number of aliphatic hydroxyl groups excluding tert-OH is 1. The predicted octanol–water partition coefficient (Wildman–Crippen LogP) is 7.60. The summed E-state index contributed by atoms with van der Waals surface area (Å²) in [5, 5.41) is 22.5. The number of hydrogen-bond donors (Lipinski definition) is 3. The Morgan fingerprint density at radius 2 is 1.61 bits per heavy atom. The van der Waals surface area contributed by atoms with Crippen molar-refractivity contribution < 1.29 is 28.5 Å². The number of carboxylic acid groups (broad SMARTS) is 1. The minimum Gasteiger partial charge on any atom is -0.481 e. The highest BCUT2D eigenvalue weighted by Crippen LogP contribution is 2.48. The van der Waals surface area contributed by atoms with Crippen molar-refractivity contribution in [2.24, 2.45) is 0 Å². The van der Waals surface area contributed by atoms with Gasteiger partial charge in [0, 0.05) is 16.7 Å². The lowest BCUT2D eigenvalue weighted by Crippen LogP contribution is -2.24. The SMILES string of the molecule is CC(OC(O)Nc1cc(F)sc1-c1ccc(-c2ccc(C3(C(=O)O)CC3)cc2)cc1)c1ccc(Cl)cc1F. The van der Waals surface area contributed by atoms with E-state index in [-0.39, 0.29) is 10.6 Å². The van der Waals surface area contributed by atoms with Crippen LogP contribution in [0.2, 0.25) is 5.02 Å². The van der Waals surface area contributed by atoms with Gasteiger partial charge in [0.25, 0.3) is 0 Å². The van der Waals surface area contributed by atoms with E-state index in [2.05, 4.69) is 5.32 Å². The van der Waals surface area contributed by atoms with E-state index >= 15 is 0 Å². The lowest BCUT2D eigenvalue weighted by Gasteiger charge is -2.20. The van der Waals surface area contributed by atoms with Crippen LogP contribution in [-0.2, 0) is 14.9 Å². The summed E-state index contributed by atoms with van der Waals surface area (Å²) in [5.74, 6) is -1.34. The molecule has 0 amide bonds. The molecule has 1 saturated carbocycles. The summed E-state index contributed by atoms with van der Waals surface area (Å²) >= 11 is 6.71. The minimum atomic E-state index is -1.52. The van der Waals surface area contributed by atoms with Crippen LogP contribution in [0, 0.1) is 10.9 Å². The van der Waals surface area contributed by atoms with Crippen LogP contribution >= 0.6 is 22.9 Å². The number of ether oxygens (including phenoxy) is 1. The second-order valence-corrected chi connectivity index (χ2v) is 10.7. The Morgan fingerprint density at radius 3 is 2.18 bits per heavy atom. The van der Waals surface area contributed by atoms with Gasteiger partial charge in [-0.1, -0.05) is 66.2 Å². The van der Waals surface area contributed by atoms with Crippen molar-refractivity contribution in [3.8, 4) is 21.6 Å². The molecule has 5 rings (SSSR count). The molecule has 3 N–H and O–H groups in total. The molecule has 2 unspecified atom stereocenters. The molecule has 1 fully saturated rings. The maximum atomic E-state index is 14.2. The fourth-order valence-electron chi connectivity index (χ4n) is 4.49. The van der Waals surface area contributed by atoms with Crippen molar-refractivity contribution in [2.75, 3.05) is 5.32 Å². The molecule has 0 spiro atoms. The van der Waals surface area contributed by atoms with Crippen molar-refractivity contribution in [1.29, 1.82) is 0 Å². The second kappa shape index (κ2) is 10.5. The second-order valence-electron chi connectivity index (χ2n) is 9.28. The number of benzene rings is 3. The number of carbonyl (C=O) groups is 1. The minimum absolute atomic E-state index is 0.228. The molecule has 0 saturated heterocycles. The molecule has 196 valence electrons. The fraction of sp³-hybridized carbons (Fsp3) is 0.207. The van der Waals surface area contributed by atoms with Gasteiger partial charge in [-0.25, -0.2) is 4.39 Å². The average Bonchev–Trinajstić information content (AvgIpc) is 3.62. The van der Waals surface area contributed by atoms with Gasteiger partial charge in [-0.2, -0.15) is 4.39 Å². The van der Waals surface area contributed by atoms with Crippen LogP contribution in [0.15, 0.2) is 72.8 Å². The molecule has 0 radical (unpaired) electrons. The van der Waals surface area contributed by atoms with E-state index in [1.807, 2.05) is 48.5 Å². The van der Waals surface area contributed by atoms with Gasteiger partial charge in [-0.05, 0) is 54.2 Å². The third-order valence-corrected chi connectivity index (χ3v) is 8.00. The molecule has 4 aromatic rings. The summed E-state index contributed by atoms with van der Waals surface area (Å²) in [4.78, 5) is 12.1. The van der Waals surface area contributed by atoms with E-state index in [0.29, 0.717) is 23.4 Å². The van der Waals surface area contributed by atoms with Gasteiger partial charge in [0.2, 0.25) is 6.41 Å². The molecule has 1 aliphatic rings. The van der Waals surface area contributed by atoms with Crippen LogP contribution < -0.4 is 5.32 Å². The van der Waals surface area contributed by atoms with Crippen LogP contribution in [0.3, 0.4) is 0 Å². The molecule has 1 aliphatic carbocycles. The monoisotopic (exact) mass is 555 g/mol. The summed E-state index contributed by atoms with van der Waals surface area (Å²) in [5.41, 5.74) is 3.22. The van der Waals surface area contributed by atoms with Crippen LogP contribution in [0.25, 0.3) is 21.6 Å². The largest absolute Gasteiger partial charge is 0.481 e. The number of hydrogen-bond acceptors (Lipinski definition) is 5. The number of halogens is 3. The first kappa shape index (κ1) is 26.3. The lowest BCUT2D eigenvalue weighted by atomic mass is 9.93. The first-order valence-corrected chi connectivity index (χ1v) is 13.1. The van der Waals surface area contributed by atoms with Crippen molar-refractivity contribution in [2.45, 2.75) is 37.7 Å². The van der Waals surface area contributed by atoms with Gasteiger partial charge in [0.15, 0.2) is 5.13 Å². The highest BCUT2D eigenvalue weighted by molar-refractivity contribution is 7.14. The molecule has 1 heterocycles. The van der Waals surface area contributed by atoms with E-state index in [0.717, 1.165) is 33.6 Å². The summed E-state index contributed by atoms with van der Waals surface area (Å²) in [6.45, 7) is 1.59. The average molecular weight is 556 g/mol. The summed E-state index contributed by atoms with van der Waals surface area (Å²) in [6.07, 6.45) is -1.01. The van der Waals surface area contributed by atoms with Gasteiger partial charge in [-0.3, -0.25) is 4.79 Å². The Morgan fingerprint density at radius 1 is 1.00 bits per heavy atom. The fourth-order valence-corrected chi connectivity index (χ4v) is 5.51. The predicted molar refractivity (Wildman–Crippen MR) is 144 cm³/mol. The number of rotatable bonds is 9. The van der Waals surface area contributed by atoms with Crippen LogP contribution in [0.4, 0.5) is 14.5 Å². The third kappa shape index (κ3) is 5.31. The summed E-state index contributed by atoms with van der Waals surface area (Å²) < 4.78 is 33.9. The number of anilines is 1. The summed E-state index contributed by atoms with van der Waals surface area (Å²) in [7, 11) is 0. The van der Waals surface area contributed by atoms with E-state index < -0.39 is 34.9 Å². The quantitative estimate of drug-likeness (QED) is 0.185. The van der Waals surface area contributed by atoms with E-state index in [9.17, 15) is 23.8 Å². The van der Waals surface area contributed by atoms with Gasteiger partial charge >= 0.3 is 5.97 Å².